The Morgan fingerprint density at radius 3 is 2.39 bits per heavy atom. The second-order valence-corrected chi connectivity index (χ2v) is 6.16. The van der Waals surface area contributed by atoms with Gasteiger partial charge in [0.1, 0.15) is 4.99 Å². The average molecular weight is 262 g/mol. The zero-order chi connectivity index (χ0) is 13.3. The third-order valence-electron chi connectivity index (χ3n) is 3.69. The maximum Gasteiger partial charge on any atom is 0.103 e. The highest BCUT2D eigenvalue weighted by Crippen LogP contribution is 2.29. The predicted octanol–water partition coefficient (Wildman–Crippen LogP) is 3.11. The van der Waals surface area contributed by atoms with Crippen molar-refractivity contribution in [2.24, 2.45) is 17.6 Å². The van der Waals surface area contributed by atoms with Crippen LogP contribution in [0, 0.1) is 18.8 Å². The van der Waals surface area contributed by atoms with Crippen LogP contribution in [-0.2, 0) is 0 Å². The van der Waals surface area contributed by atoms with Crippen LogP contribution in [0.2, 0.25) is 0 Å². The molecule has 1 heterocycles. The van der Waals surface area contributed by atoms with Crippen molar-refractivity contribution in [1.82, 2.24) is 0 Å². The van der Waals surface area contributed by atoms with E-state index in [1.54, 1.807) is 0 Å². The van der Waals surface area contributed by atoms with Crippen molar-refractivity contribution in [1.29, 1.82) is 0 Å². The maximum absolute atomic E-state index is 5.67. The molecule has 2 N–H and O–H groups in total. The Balaban J connectivity index is 2.25. The molecule has 1 saturated heterocycles. The molecule has 0 radical (unpaired) electrons. The van der Waals surface area contributed by atoms with Gasteiger partial charge in [-0.25, -0.2) is 0 Å². The SMILES string of the molecule is Cc1cc(C(N)=S)ccc1N1CC(C)CC(C)C1. The van der Waals surface area contributed by atoms with Crippen LogP contribution in [-0.4, -0.2) is 18.1 Å². The number of piperidine rings is 1. The van der Waals surface area contributed by atoms with Crippen molar-refractivity contribution in [2.75, 3.05) is 18.0 Å². The van der Waals surface area contributed by atoms with Crippen LogP contribution in [0.4, 0.5) is 5.69 Å². The number of anilines is 1. The topological polar surface area (TPSA) is 29.3 Å². The summed E-state index contributed by atoms with van der Waals surface area (Å²) < 4.78 is 0. The van der Waals surface area contributed by atoms with E-state index in [-0.39, 0.29) is 0 Å². The number of nitrogens with zero attached hydrogens (tertiary/aromatic N) is 1. The summed E-state index contributed by atoms with van der Waals surface area (Å²) in [4.78, 5) is 2.97. The van der Waals surface area contributed by atoms with Gasteiger partial charge in [0.25, 0.3) is 0 Å². The number of nitrogens with two attached hydrogens (primary N) is 1. The van der Waals surface area contributed by atoms with Gasteiger partial charge in [-0.15, -0.1) is 0 Å². The number of rotatable bonds is 2. The molecule has 2 unspecified atom stereocenters. The fourth-order valence-electron chi connectivity index (χ4n) is 3.02. The van der Waals surface area contributed by atoms with E-state index in [4.69, 9.17) is 18.0 Å². The molecule has 1 aromatic carbocycles. The molecule has 18 heavy (non-hydrogen) atoms. The number of hydrogen-bond acceptors (Lipinski definition) is 2. The summed E-state index contributed by atoms with van der Waals surface area (Å²) >= 11 is 5.02. The summed E-state index contributed by atoms with van der Waals surface area (Å²) in [5.41, 5.74) is 9.23. The minimum Gasteiger partial charge on any atom is -0.389 e. The van der Waals surface area contributed by atoms with Gasteiger partial charge in [-0.3, -0.25) is 0 Å². The molecule has 0 amide bonds. The van der Waals surface area contributed by atoms with Gasteiger partial charge < -0.3 is 10.6 Å². The second-order valence-electron chi connectivity index (χ2n) is 5.72. The minimum absolute atomic E-state index is 0.477. The van der Waals surface area contributed by atoms with E-state index in [1.165, 1.54) is 17.7 Å². The summed E-state index contributed by atoms with van der Waals surface area (Å²) in [6.45, 7) is 9.11. The van der Waals surface area contributed by atoms with E-state index in [2.05, 4.69) is 37.8 Å². The lowest BCUT2D eigenvalue weighted by molar-refractivity contribution is 0.356. The molecule has 2 nitrogen and oxygen atoms in total. The molecule has 1 aliphatic heterocycles. The summed E-state index contributed by atoms with van der Waals surface area (Å²) in [6, 6.07) is 6.30. The van der Waals surface area contributed by atoms with Crippen LogP contribution >= 0.6 is 12.2 Å². The van der Waals surface area contributed by atoms with Crippen LogP contribution in [0.25, 0.3) is 0 Å². The molecule has 98 valence electrons. The van der Waals surface area contributed by atoms with Crippen molar-refractivity contribution in [2.45, 2.75) is 27.2 Å². The van der Waals surface area contributed by atoms with Crippen LogP contribution in [0.1, 0.15) is 31.4 Å². The molecule has 0 saturated carbocycles. The quantitative estimate of drug-likeness (QED) is 0.830. The smallest absolute Gasteiger partial charge is 0.103 e. The van der Waals surface area contributed by atoms with E-state index >= 15 is 0 Å². The zero-order valence-corrected chi connectivity index (χ0v) is 12.3. The van der Waals surface area contributed by atoms with Crippen LogP contribution in [0.5, 0.6) is 0 Å². The first-order valence-corrected chi connectivity index (χ1v) is 7.03. The molecule has 2 atom stereocenters. The molecule has 1 fully saturated rings. The van der Waals surface area contributed by atoms with E-state index < -0.39 is 0 Å². The van der Waals surface area contributed by atoms with Crippen molar-refractivity contribution >= 4 is 22.9 Å². The molecular formula is C15H22N2S. The highest BCUT2D eigenvalue weighted by atomic mass is 32.1. The summed E-state index contributed by atoms with van der Waals surface area (Å²) in [6.07, 6.45) is 1.33. The Morgan fingerprint density at radius 2 is 1.89 bits per heavy atom. The largest absolute Gasteiger partial charge is 0.389 e. The molecule has 0 bridgehead atoms. The zero-order valence-electron chi connectivity index (χ0n) is 11.4. The van der Waals surface area contributed by atoms with Crippen LogP contribution < -0.4 is 10.6 Å². The molecule has 0 spiro atoms. The lowest BCUT2D eigenvalue weighted by Gasteiger charge is -2.37. The highest BCUT2D eigenvalue weighted by molar-refractivity contribution is 7.80. The maximum atomic E-state index is 5.67. The molecule has 1 aliphatic rings. The van der Waals surface area contributed by atoms with E-state index in [0.29, 0.717) is 4.99 Å². The van der Waals surface area contributed by atoms with Crippen molar-refractivity contribution in [3.8, 4) is 0 Å². The van der Waals surface area contributed by atoms with Gasteiger partial charge >= 0.3 is 0 Å². The fraction of sp³-hybridized carbons (Fsp3) is 0.533. The Labute approximate surface area is 115 Å². The Hall–Kier alpha value is -1.09. The van der Waals surface area contributed by atoms with Crippen molar-refractivity contribution < 1.29 is 0 Å². The molecular weight excluding hydrogens is 240 g/mol. The Morgan fingerprint density at radius 1 is 1.28 bits per heavy atom. The van der Waals surface area contributed by atoms with Gasteiger partial charge in [-0.1, -0.05) is 26.1 Å². The van der Waals surface area contributed by atoms with Crippen molar-refractivity contribution in [3.63, 3.8) is 0 Å². The van der Waals surface area contributed by atoms with Crippen molar-refractivity contribution in [3.05, 3.63) is 29.3 Å². The first-order valence-electron chi connectivity index (χ1n) is 6.62. The minimum atomic E-state index is 0.477. The number of hydrogen-bond donors (Lipinski definition) is 1. The Kier molecular flexibility index (Phi) is 3.91. The predicted molar refractivity (Wildman–Crippen MR) is 82.2 cm³/mol. The first-order chi connectivity index (χ1) is 8.47. The van der Waals surface area contributed by atoms with E-state index in [0.717, 1.165) is 30.5 Å². The molecule has 0 aliphatic carbocycles. The Bertz CT molecular complexity index is 446. The summed E-state index contributed by atoms with van der Waals surface area (Å²) in [7, 11) is 0. The van der Waals surface area contributed by atoms with E-state index in [9.17, 15) is 0 Å². The third kappa shape index (κ3) is 2.83. The third-order valence-corrected chi connectivity index (χ3v) is 3.93. The van der Waals surface area contributed by atoms with E-state index in [1.807, 2.05) is 6.07 Å². The lowest BCUT2D eigenvalue weighted by Crippen LogP contribution is -2.39. The summed E-state index contributed by atoms with van der Waals surface area (Å²) in [5.74, 6) is 1.53. The van der Waals surface area contributed by atoms with Crippen LogP contribution in [0.15, 0.2) is 18.2 Å². The normalized spacial score (nSPS) is 24.1. The molecule has 1 aromatic rings. The lowest BCUT2D eigenvalue weighted by atomic mass is 9.91. The molecule has 3 heteroatoms. The number of aryl methyl sites for hydroxylation is 1. The average Bonchev–Trinajstić information content (AvgIpc) is 2.27. The molecule has 2 rings (SSSR count). The monoisotopic (exact) mass is 262 g/mol. The number of benzene rings is 1. The highest BCUT2D eigenvalue weighted by Gasteiger charge is 2.22. The van der Waals surface area contributed by atoms with Gasteiger partial charge in [0.15, 0.2) is 0 Å². The second kappa shape index (κ2) is 5.27. The summed E-state index contributed by atoms with van der Waals surface area (Å²) in [5, 5.41) is 0. The first kappa shape index (κ1) is 13.3. The fourth-order valence-corrected chi connectivity index (χ4v) is 3.15. The van der Waals surface area contributed by atoms with Gasteiger partial charge in [-0.05, 0) is 48.9 Å². The standard InChI is InChI=1S/C15H22N2S/c1-10-6-11(2)9-17(8-10)14-5-4-13(15(16)18)7-12(14)3/h4-5,7,10-11H,6,8-9H2,1-3H3,(H2,16,18). The van der Waals surface area contributed by atoms with Gasteiger partial charge in [0, 0.05) is 24.3 Å². The van der Waals surface area contributed by atoms with Crippen LogP contribution in [0.3, 0.4) is 0 Å². The number of thiocarbonyl (C=S) groups is 1. The molecule has 0 aromatic heterocycles. The van der Waals surface area contributed by atoms with Gasteiger partial charge in [-0.2, -0.15) is 0 Å². The van der Waals surface area contributed by atoms with Gasteiger partial charge in [0.2, 0.25) is 0 Å². The van der Waals surface area contributed by atoms with Gasteiger partial charge in [0.05, 0.1) is 0 Å².